The topological polar surface area (TPSA) is 46.6 Å². The minimum atomic E-state index is -0.539. The van der Waals surface area contributed by atoms with Crippen LogP contribution in [0.2, 0.25) is 10.0 Å². The molecule has 1 fully saturated rings. The van der Waals surface area contributed by atoms with Gasteiger partial charge < -0.3 is 15.6 Å². The van der Waals surface area contributed by atoms with Gasteiger partial charge in [0.25, 0.3) is 0 Å². The second kappa shape index (κ2) is 11.4. The van der Waals surface area contributed by atoms with Crippen LogP contribution in [-0.2, 0) is 4.74 Å². The fourth-order valence-electron chi connectivity index (χ4n) is 2.35. The molecule has 1 aromatic carbocycles. The zero-order valence-electron chi connectivity index (χ0n) is 17.4. The van der Waals surface area contributed by atoms with Crippen molar-refractivity contribution in [3.63, 3.8) is 0 Å². The Morgan fingerprint density at radius 1 is 1.15 bits per heavy atom. The maximum absolute atomic E-state index is 12.5. The molecule has 1 aromatic rings. The van der Waals surface area contributed by atoms with E-state index in [1.165, 1.54) is 5.92 Å². The molecule has 27 heavy (non-hydrogen) atoms. The molecule has 1 amide bonds. The van der Waals surface area contributed by atoms with Crippen LogP contribution in [0, 0.1) is 11.8 Å². The van der Waals surface area contributed by atoms with Gasteiger partial charge >= 0.3 is 25.0 Å². The van der Waals surface area contributed by atoms with Crippen LogP contribution in [0.25, 0.3) is 0 Å². The summed E-state index contributed by atoms with van der Waals surface area (Å²) in [6.07, 6.45) is 0.246. The number of rotatable bonds is 2. The molecule has 1 saturated heterocycles. The number of nitrogens with zero attached hydrogens (tertiary/aromatic N) is 1. The first-order valence-corrected chi connectivity index (χ1v) is 9.40. The van der Waals surface area contributed by atoms with Gasteiger partial charge in [-0.25, -0.2) is 4.79 Å². The van der Waals surface area contributed by atoms with Crippen LogP contribution in [0.1, 0.15) is 58.3 Å². The van der Waals surface area contributed by atoms with E-state index in [9.17, 15) is 9.59 Å². The molecule has 0 aromatic heterocycles. The van der Waals surface area contributed by atoms with Crippen molar-refractivity contribution in [3.8, 4) is 0 Å². The van der Waals surface area contributed by atoms with Gasteiger partial charge in [0.15, 0.2) is 5.78 Å². The normalized spacial score (nSPS) is 16.3. The van der Waals surface area contributed by atoms with E-state index in [-0.39, 0.29) is 36.7 Å². The fraction of sp³-hybridized carbons (Fsp3) is 0.550. The zero-order valence-corrected chi connectivity index (χ0v) is 18.9. The van der Waals surface area contributed by atoms with E-state index in [4.69, 9.17) is 27.9 Å². The number of carbonyl (C=O) groups is 2. The van der Waals surface area contributed by atoms with Crippen LogP contribution in [0.5, 0.6) is 0 Å². The molecule has 1 heterocycles. The van der Waals surface area contributed by atoms with Gasteiger partial charge in [0, 0.05) is 24.6 Å². The first-order chi connectivity index (χ1) is 11.9. The summed E-state index contributed by atoms with van der Waals surface area (Å²) < 4.78 is 5.33. The van der Waals surface area contributed by atoms with Gasteiger partial charge in [0.1, 0.15) is 5.60 Å². The van der Waals surface area contributed by atoms with E-state index in [1.54, 1.807) is 23.1 Å². The van der Waals surface area contributed by atoms with Gasteiger partial charge in [0.2, 0.25) is 0 Å². The van der Waals surface area contributed by atoms with Gasteiger partial charge in [0.05, 0.1) is 10.0 Å². The molecule has 4 nitrogen and oxygen atoms in total. The average molecular weight is 408 g/mol. The summed E-state index contributed by atoms with van der Waals surface area (Å²) in [5.41, 5.74) is -0.0199. The van der Waals surface area contributed by atoms with E-state index < -0.39 is 5.60 Å². The number of Topliss-reactive ketones (excluding diaryl/α,β-unsaturated/α-hetero) is 1. The van der Waals surface area contributed by atoms with Gasteiger partial charge in [-0.15, -0.1) is 0 Å². The van der Waals surface area contributed by atoms with E-state index in [0.29, 0.717) is 35.1 Å². The first kappa shape index (κ1) is 26.3. The third-order valence-corrected chi connectivity index (χ3v) is 4.15. The molecule has 1 aliphatic heterocycles. The van der Waals surface area contributed by atoms with Crippen molar-refractivity contribution in [1.82, 2.24) is 4.90 Å². The van der Waals surface area contributed by atoms with Gasteiger partial charge in [-0.05, 0) is 45.4 Å². The number of amides is 1. The zero-order chi connectivity index (χ0) is 20.1. The summed E-state index contributed by atoms with van der Waals surface area (Å²) >= 11 is 11.8. The molecule has 0 bridgehead atoms. The molecule has 0 spiro atoms. The van der Waals surface area contributed by atoms with Gasteiger partial charge in [-0.3, -0.25) is 4.79 Å². The second-order valence-corrected chi connectivity index (χ2v) is 8.72. The van der Waals surface area contributed by atoms with Crippen molar-refractivity contribution in [1.29, 1.82) is 0 Å². The maximum atomic E-state index is 12.5. The number of carbonyl (C=O) groups excluding carboxylic acids is 2. The summed E-state index contributed by atoms with van der Waals surface area (Å²) in [5.74, 6) is 1.16. The quantitative estimate of drug-likeness (QED) is 0.429. The molecule has 1 atom stereocenters. The van der Waals surface area contributed by atoms with Crippen LogP contribution in [0.3, 0.4) is 0 Å². The Kier molecular flexibility index (Phi) is 11.1. The monoisotopic (exact) mass is 407 g/mol. The third kappa shape index (κ3) is 9.39. The number of ketones is 1. The Balaban J connectivity index is 0.00000123. The minimum absolute atomic E-state index is 0. The van der Waals surface area contributed by atoms with Crippen LogP contribution in [-0.4, -0.2) is 35.5 Å². The molecule has 0 aliphatic carbocycles. The Morgan fingerprint density at radius 2 is 1.70 bits per heavy atom. The van der Waals surface area contributed by atoms with Crippen LogP contribution >= 0.6 is 23.2 Å². The minimum Gasteiger partial charge on any atom is -0.444 e. The second-order valence-electron chi connectivity index (χ2n) is 7.91. The predicted octanol–water partition coefficient (Wildman–Crippen LogP) is 3.06. The first-order valence-electron chi connectivity index (χ1n) is 8.64. The van der Waals surface area contributed by atoms with E-state index in [2.05, 4.69) is 20.8 Å². The largest absolute Gasteiger partial charge is 1.00 e. The van der Waals surface area contributed by atoms with Crippen molar-refractivity contribution in [2.24, 2.45) is 5.92 Å². The number of hydrogen-bond acceptors (Lipinski definition) is 3. The molecule has 2 rings (SSSR count). The summed E-state index contributed by atoms with van der Waals surface area (Å²) in [5, 5.41) is 0.773. The molecule has 0 N–H and O–H groups in total. The van der Waals surface area contributed by atoms with Crippen molar-refractivity contribution in [2.75, 3.05) is 13.1 Å². The summed E-state index contributed by atoms with van der Waals surface area (Å²) in [7, 11) is 0. The Morgan fingerprint density at radius 3 is 2.19 bits per heavy atom. The molecule has 1 aliphatic rings. The van der Waals surface area contributed by atoms with Crippen LogP contribution < -0.4 is 18.9 Å². The molecular formula is C20H28Cl2LiNO3. The summed E-state index contributed by atoms with van der Waals surface area (Å²) in [4.78, 5) is 26.1. The maximum Gasteiger partial charge on any atom is 1.00 e. The Bertz CT molecular complexity index is 642. The third-order valence-electron chi connectivity index (χ3n) is 3.41. The Hall–Kier alpha value is -0.663. The molecule has 1 unspecified atom stereocenters. The van der Waals surface area contributed by atoms with Crippen molar-refractivity contribution >= 4 is 35.1 Å². The van der Waals surface area contributed by atoms with Crippen molar-refractivity contribution < 1.29 is 33.2 Å². The van der Waals surface area contributed by atoms with Crippen molar-refractivity contribution in [2.45, 2.75) is 53.6 Å². The van der Waals surface area contributed by atoms with E-state index in [0.717, 1.165) is 0 Å². The fourth-order valence-corrected chi connectivity index (χ4v) is 2.65. The summed E-state index contributed by atoms with van der Waals surface area (Å²) in [6.45, 7) is 12.6. The van der Waals surface area contributed by atoms with Gasteiger partial charge in [-0.1, -0.05) is 23.2 Å². The molecular weight excluding hydrogens is 380 g/mol. The Labute approximate surface area is 185 Å². The standard InChI is InChI=1S/C16H19Cl2NO3.C4H9.Li/c1-16(2,3)22-15(21)19-7-6-11(9-19)14(20)10-4-5-12(17)13(18)8-10;1-4(2)3;/h4-5,8,11H,6-7,9H2,1-3H3;1-3H3;/q;-1;+1. The number of hydrogen-bond donors (Lipinski definition) is 0. The number of halogens is 2. The van der Waals surface area contributed by atoms with Crippen molar-refractivity contribution in [3.05, 3.63) is 39.7 Å². The SMILES string of the molecule is CC(C)(C)OC(=O)N1CCC(C(=O)c2ccc(Cl)c(Cl)c2)C1.C[C-](C)C.[Li+]. The summed E-state index contributed by atoms with van der Waals surface area (Å²) in [6, 6.07) is 4.84. The van der Waals surface area contributed by atoms with Gasteiger partial charge in [-0.2, -0.15) is 20.8 Å². The van der Waals surface area contributed by atoms with Crippen LogP contribution in [0.15, 0.2) is 18.2 Å². The smallest absolute Gasteiger partial charge is 0.444 e. The molecule has 7 heteroatoms. The number of ether oxygens (including phenoxy) is 1. The molecule has 146 valence electrons. The molecule has 0 radical (unpaired) electrons. The number of benzene rings is 1. The van der Waals surface area contributed by atoms with E-state index in [1.807, 2.05) is 20.8 Å². The molecule has 0 saturated carbocycles. The van der Waals surface area contributed by atoms with E-state index >= 15 is 0 Å². The number of likely N-dealkylation sites (tertiary alicyclic amines) is 1. The van der Waals surface area contributed by atoms with Crippen LogP contribution in [0.4, 0.5) is 4.79 Å². The average Bonchev–Trinajstić information content (AvgIpc) is 2.97. The predicted molar refractivity (Wildman–Crippen MR) is 107 cm³/mol.